The fraction of sp³-hybridized carbons (Fsp3) is 0.600. The van der Waals surface area contributed by atoms with Crippen molar-refractivity contribution in [1.82, 2.24) is 4.90 Å². The molecule has 4 rings (SSSR count). The maximum absolute atomic E-state index is 14.2. The van der Waals surface area contributed by atoms with Gasteiger partial charge in [0.05, 0.1) is 11.6 Å². The van der Waals surface area contributed by atoms with Crippen molar-refractivity contribution in [1.29, 1.82) is 0 Å². The van der Waals surface area contributed by atoms with E-state index in [9.17, 15) is 22.8 Å². The van der Waals surface area contributed by atoms with Gasteiger partial charge in [-0.05, 0) is 32.1 Å². The molecular weight excluding hydrogens is 357 g/mol. The molecule has 3 aliphatic rings. The van der Waals surface area contributed by atoms with Crippen molar-refractivity contribution in [3.05, 3.63) is 29.1 Å². The van der Waals surface area contributed by atoms with E-state index >= 15 is 0 Å². The number of benzene rings is 1. The Labute approximate surface area is 156 Å². The molecule has 146 valence electrons. The summed E-state index contributed by atoms with van der Waals surface area (Å²) < 4.78 is 41.6. The Morgan fingerprint density at radius 1 is 0.963 bits per heavy atom. The second-order valence-electron chi connectivity index (χ2n) is 7.73. The van der Waals surface area contributed by atoms with Crippen LogP contribution in [0.2, 0.25) is 0 Å². The van der Waals surface area contributed by atoms with Crippen LogP contribution in [0, 0.1) is 23.4 Å². The average molecular weight is 380 g/mol. The van der Waals surface area contributed by atoms with Crippen LogP contribution in [0.4, 0.5) is 18.9 Å². The first kappa shape index (κ1) is 18.3. The Morgan fingerprint density at radius 2 is 1.70 bits per heavy atom. The van der Waals surface area contributed by atoms with Crippen LogP contribution in [0.25, 0.3) is 0 Å². The zero-order valence-electron chi connectivity index (χ0n) is 15.1. The van der Waals surface area contributed by atoms with Crippen molar-refractivity contribution < 1.29 is 22.8 Å². The third kappa shape index (κ3) is 3.11. The van der Waals surface area contributed by atoms with Gasteiger partial charge < -0.3 is 9.80 Å². The molecule has 0 unspecified atom stereocenters. The predicted octanol–water partition coefficient (Wildman–Crippen LogP) is 3.56. The third-order valence-corrected chi connectivity index (χ3v) is 6.16. The van der Waals surface area contributed by atoms with Gasteiger partial charge in [-0.2, -0.15) is 0 Å². The zero-order chi connectivity index (χ0) is 19.1. The van der Waals surface area contributed by atoms with Gasteiger partial charge in [0.1, 0.15) is 0 Å². The minimum absolute atomic E-state index is 0.0677. The highest BCUT2D eigenvalue weighted by molar-refractivity contribution is 5.97. The van der Waals surface area contributed by atoms with Crippen LogP contribution in [-0.4, -0.2) is 35.8 Å². The molecular formula is C20H23F3N2O2. The highest BCUT2D eigenvalue weighted by Crippen LogP contribution is 2.37. The summed E-state index contributed by atoms with van der Waals surface area (Å²) >= 11 is 0. The first-order chi connectivity index (χ1) is 13.0. The van der Waals surface area contributed by atoms with Crippen molar-refractivity contribution in [2.75, 3.05) is 18.0 Å². The van der Waals surface area contributed by atoms with E-state index in [-0.39, 0.29) is 41.4 Å². The molecule has 1 saturated carbocycles. The van der Waals surface area contributed by atoms with Gasteiger partial charge in [0.15, 0.2) is 17.5 Å². The average Bonchev–Trinajstić information content (AvgIpc) is 3.11. The number of nitrogens with zero attached hydrogens (tertiary/aromatic N) is 2. The lowest BCUT2D eigenvalue weighted by Crippen LogP contribution is -2.51. The Hall–Kier alpha value is -2.05. The lowest BCUT2D eigenvalue weighted by molar-refractivity contribution is -0.134. The van der Waals surface area contributed by atoms with E-state index in [4.69, 9.17) is 0 Å². The summed E-state index contributed by atoms with van der Waals surface area (Å²) in [6, 6.07) is 0.783. The van der Waals surface area contributed by atoms with Crippen molar-refractivity contribution in [3.63, 3.8) is 0 Å². The quantitative estimate of drug-likeness (QED) is 0.736. The van der Waals surface area contributed by atoms with E-state index in [2.05, 4.69) is 0 Å². The number of hydrogen-bond donors (Lipinski definition) is 0. The summed E-state index contributed by atoms with van der Waals surface area (Å²) in [6.07, 6.45) is 5.38. The Balaban J connectivity index is 1.66. The van der Waals surface area contributed by atoms with Gasteiger partial charge >= 0.3 is 0 Å². The largest absolute Gasteiger partial charge is 0.339 e. The SMILES string of the molecule is O=C([C@@H]1CCCC[C@@H]1N1CCCC1=O)N1CCCc2c1cc(F)c(F)c2F. The first-order valence-corrected chi connectivity index (χ1v) is 9.76. The standard InChI is InChI=1S/C20H23F3N2O2/c21-14-11-16-12(18(22)19(14)23)6-3-10-25(16)20(27)13-5-1-2-7-15(13)24-9-4-8-17(24)26/h11,13,15H,1-10H2/t13-,15+/m1/s1. The van der Waals surface area contributed by atoms with Gasteiger partial charge in [-0.3, -0.25) is 9.59 Å². The summed E-state index contributed by atoms with van der Waals surface area (Å²) in [7, 11) is 0. The Morgan fingerprint density at radius 3 is 2.44 bits per heavy atom. The second-order valence-corrected chi connectivity index (χ2v) is 7.73. The minimum Gasteiger partial charge on any atom is -0.339 e. The molecule has 2 amide bonds. The molecule has 0 aromatic heterocycles. The van der Waals surface area contributed by atoms with E-state index in [0.29, 0.717) is 32.4 Å². The normalized spacial score (nSPS) is 25.7. The smallest absolute Gasteiger partial charge is 0.232 e. The molecule has 2 aliphatic heterocycles. The maximum atomic E-state index is 14.2. The molecule has 27 heavy (non-hydrogen) atoms. The second kappa shape index (κ2) is 7.17. The lowest BCUT2D eigenvalue weighted by Gasteiger charge is -2.40. The number of halogens is 3. The molecule has 0 N–H and O–H groups in total. The maximum Gasteiger partial charge on any atom is 0.232 e. The van der Waals surface area contributed by atoms with E-state index in [1.54, 1.807) is 0 Å². The first-order valence-electron chi connectivity index (χ1n) is 9.76. The van der Waals surface area contributed by atoms with E-state index in [1.165, 1.54) is 4.90 Å². The Bertz CT molecular complexity index is 783. The molecule has 0 radical (unpaired) electrons. The molecule has 2 heterocycles. The van der Waals surface area contributed by atoms with Gasteiger partial charge in [0, 0.05) is 37.2 Å². The fourth-order valence-electron chi connectivity index (χ4n) is 4.85. The molecule has 0 spiro atoms. The highest BCUT2D eigenvalue weighted by Gasteiger charge is 2.41. The number of hydrogen-bond acceptors (Lipinski definition) is 2. The summed E-state index contributed by atoms with van der Waals surface area (Å²) in [4.78, 5) is 28.8. The van der Waals surface area contributed by atoms with Crippen LogP contribution >= 0.6 is 0 Å². The molecule has 0 bridgehead atoms. The van der Waals surface area contributed by atoms with Crippen LogP contribution in [-0.2, 0) is 16.0 Å². The van der Waals surface area contributed by atoms with Crippen LogP contribution in [0.5, 0.6) is 0 Å². The monoisotopic (exact) mass is 380 g/mol. The topological polar surface area (TPSA) is 40.6 Å². The number of rotatable bonds is 2. The van der Waals surface area contributed by atoms with Crippen molar-refractivity contribution >= 4 is 17.5 Å². The van der Waals surface area contributed by atoms with E-state index in [1.807, 2.05) is 4.90 Å². The molecule has 4 nitrogen and oxygen atoms in total. The van der Waals surface area contributed by atoms with E-state index < -0.39 is 17.5 Å². The minimum atomic E-state index is -1.48. The van der Waals surface area contributed by atoms with Gasteiger partial charge in [0.25, 0.3) is 0 Å². The molecule has 2 atom stereocenters. The van der Waals surface area contributed by atoms with Crippen LogP contribution < -0.4 is 4.90 Å². The molecule has 1 saturated heterocycles. The van der Waals surface area contributed by atoms with Crippen LogP contribution in [0.1, 0.15) is 50.5 Å². The predicted molar refractivity (Wildman–Crippen MR) is 93.7 cm³/mol. The van der Waals surface area contributed by atoms with Crippen LogP contribution in [0.15, 0.2) is 6.07 Å². The summed E-state index contributed by atoms with van der Waals surface area (Å²) in [5.74, 6) is -4.45. The molecule has 1 aliphatic carbocycles. The fourth-order valence-corrected chi connectivity index (χ4v) is 4.85. The van der Waals surface area contributed by atoms with Crippen molar-refractivity contribution in [2.45, 2.75) is 57.4 Å². The molecule has 2 fully saturated rings. The van der Waals surface area contributed by atoms with Crippen molar-refractivity contribution in [3.8, 4) is 0 Å². The molecule has 1 aromatic rings. The zero-order valence-corrected chi connectivity index (χ0v) is 15.1. The van der Waals surface area contributed by atoms with Crippen LogP contribution in [0.3, 0.4) is 0 Å². The van der Waals surface area contributed by atoms with Gasteiger partial charge in [-0.1, -0.05) is 12.8 Å². The molecule has 1 aromatic carbocycles. The number of amides is 2. The molecule has 7 heteroatoms. The third-order valence-electron chi connectivity index (χ3n) is 6.16. The number of fused-ring (bicyclic) bond motifs is 1. The van der Waals surface area contributed by atoms with E-state index in [0.717, 1.165) is 31.7 Å². The summed E-state index contributed by atoms with van der Waals surface area (Å²) in [5, 5.41) is 0. The van der Waals surface area contributed by atoms with Crippen molar-refractivity contribution in [2.24, 2.45) is 5.92 Å². The lowest BCUT2D eigenvalue weighted by atomic mass is 9.82. The Kier molecular flexibility index (Phi) is 4.86. The number of carbonyl (C=O) groups is 2. The number of anilines is 1. The van der Waals surface area contributed by atoms with Gasteiger partial charge in [-0.25, -0.2) is 13.2 Å². The highest BCUT2D eigenvalue weighted by atomic mass is 19.2. The number of carbonyl (C=O) groups excluding carboxylic acids is 2. The van der Waals surface area contributed by atoms with Gasteiger partial charge in [0.2, 0.25) is 11.8 Å². The number of likely N-dealkylation sites (tertiary alicyclic amines) is 1. The van der Waals surface area contributed by atoms with Gasteiger partial charge in [-0.15, -0.1) is 0 Å². The summed E-state index contributed by atoms with van der Waals surface area (Å²) in [6.45, 7) is 1.02. The summed E-state index contributed by atoms with van der Waals surface area (Å²) in [5.41, 5.74) is 0.206.